The third-order valence-corrected chi connectivity index (χ3v) is 6.19. The smallest absolute Gasteiger partial charge is 0.319 e. The highest BCUT2D eigenvalue weighted by Crippen LogP contribution is 2.33. The van der Waals surface area contributed by atoms with E-state index in [2.05, 4.69) is 29.7 Å². The normalized spacial score (nSPS) is 14.6. The molecule has 144 valence electrons. The number of benzene rings is 2. The molecule has 1 fully saturated rings. The van der Waals surface area contributed by atoms with E-state index < -0.39 is 0 Å². The molecule has 1 saturated carbocycles. The predicted octanol–water partition coefficient (Wildman–Crippen LogP) is 6.24. The molecule has 2 amide bonds. The van der Waals surface area contributed by atoms with Crippen LogP contribution in [-0.2, 0) is 0 Å². The molecule has 0 aliphatic heterocycles. The molecule has 5 heteroatoms. The van der Waals surface area contributed by atoms with Crippen LogP contribution in [0, 0.1) is 6.92 Å². The molecule has 2 aromatic carbocycles. The quantitative estimate of drug-likeness (QED) is 0.553. The van der Waals surface area contributed by atoms with E-state index in [1.807, 2.05) is 42.5 Å². The lowest BCUT2D eigenvalue weighted by molar-refractivity contribution is 0.244. The van der Waals surface area contributed by atoms with Crippen molar-refractivity contribution in [2.75, 3.05) is 5.32 Å². The van der Waals surface area contributed by atoms with Gasteiger partial charge in [0.25, 0.3) is 0 Å². The van der Waals surface area contributed by atoms with Crippen LogP contribution in [0.5, 0.6) is 0 Å². The zero-order chi connectivity index (χ0) is 19.3. The second-order valence-corrected chi connectivity index (χ2v) is 8.50. The van der Waals surface area contributed by atoms with Crippen molar-refractivity contribution in [2.24, 2.45) is 0 Å². The van der Waals surface area contributed by atoms with Gasteiger partial charge in [0.05, 0.1) is 5.69 Å². The first-order valence-corrected chi connectivity index (χ1v) is 10.7. The van der Waals surface area contributed by atoms with E-state index in [0.717, 1.165) is 40.4 Å². The average molecular weight is 392 g/mol. The molecule has 28 heavy (non-hydrogen) atoms. The molecule has 0 radical (unpaired) electrons. The van der Waals surface area contributed by atoms with Crippen molar-refractivity contribution in [2.45, 2.75) is 45.1 Å². The molecular weight excluding hydrogens is 366 g/mol. The van der Waals surface area contributed by atoms with E-state index in [-0.39, 0.29) is 6.03 Å². The Morgan fingerprint density at radius 3 is 2.39 bits per heavy atom. The van der Waals surface area contributed by atoms with E-state index in [1.54, 1.807) is 11.3 Å². The summed E-state index contributed by atoms with van der Waals surface area (Å²) in [6.45, 7) is 2.10. The van der Waals surface area contributed by atoms with Gasteiger partial charge in [0.2, 0.25) is 0 Å². The van der Waals surface area contributed by atoms with Gasteiger partial charge >= 0.3 is 6.03 Å². The molecule has 0 saturated heterocycles. The summed E-state index contributed by atoms with van der Waals surface area (Å²) < 4.78 is 0. The van der Waals surface area contributed by atoms with Gasteiger partial charge < -0.3 is 10.6 Å². The number of nitrogens with zero attached hydrogens (tertiary/aromatic N) is 1. The van der Waals surface area contributed by atoms with E-state index in [9.17, 15) is 4.79 Å². The van der Waals surface area contributed by atoms with Crippen molar-refractivity contribution < 1.29 is 4.79 Å². The van der Waals surface area contributed by atoms with Gasteiger partial charge in [0.15, 0.2) is 0 Å². The van der Waals surface area contributed by atoms with Crippen LogP contribution in [0.4, 0.5) is 10.5 Å². The van der Waals surface area contributed by atoms with Gasteiger partial charge in [0, 0.05) is 27.7 Å². The minimum absolute atomic E-state index is 0.115. The summed E-state index contributed by atoms with van der Waals surface area (Å²) in [4.78, 5) is 18.2. The summed E-state index contributed by atoms with van der Waals surface area (Å²) in [6.07, 6.45) is 5.86. The van der Waals surface area contributed by atoms with Crippen LogP contribution in [0.15, 0.2) is 54.6 Å². The summed E-state index contributed by atoms with van der Waals surface area (Å²) in [6, 6.07) is 18.4. The molecule has 0 spiro atoms. The number of carbonyl (C=O) groups excluding carboxylic acids is 1. The second kappa shape index (κ2) is 8.57. The van der Waals surface area contributed by atoms with Gasteiger partial charge in [-0.05, 0) is 31.9 Å². The molecule has 1 aliphatic rings. The number of urea groups is 1. The summed E-state index contributed by atoms with van der Waals surface area (Å²) in [5, 5.41) is 7.06. The van der Waals surface area contributed by atoms with E-state index in [1.165, 1.54) is 24.1 Å². The zero-order valence-corrected chi connectivity index (χ0v) is 16.9. The fourth-order valence-corrected chi connectivity index (χ4v) is 4.62. The average Bonchev–Trinajstić information content (AvgIpc) is 3.12. The maximum atomic E-state index is 12.2. The largest absolute Gasteiger partial charge is 0.335 e. The first-order valence-electron chi connectivity index (χ1n) is 9.90. The van der Waals surface area contributed by atoms with Crippen molar-refractivity contribution in [1.29, 1.82) is 0 Å². The number of carbonyl (C=O) groups is 1. The molecular formula is C23H25N3OS. The third-order valence-electron chi connectivity index (χ3n) is 5.17. The lowest BCUT2D eigenvalue weighted by Gasteiger charge is -2.22. The highest BCUT2D eigenvalue weighted by atomic mass is 32.1. The lowest BCUT2D eigenvalue weighted by Crippen LogP contribution is -2.38. The molecule has 4 nitrogen and oxygen atoms in total. The number of hydrogen-bond acceptors (Lipinski definition) is 3. The second-order valence-electron chi connectivity index (χ2n) is 7.30. The number of amides is 2. The van der Waals surface area contributed by atoms with Crippen molar-refractivity contribution in [1.82, 2.24) is 10.3 Å². The minimum atomic E-state index is -0.115. The van der Waals surface area contributed by atoms with Crippen LogP contribution >= 0.6 is 11.3 Å². The SMILES string of the molecule is Cc1sc(-c2ccccc2)nc1-c1ccc(NC(=O)NC2CCCCC2)cc1. The Balaban J connectivity index is 1.43. The van der Waals surface area contributed by atoms with E-state index in [0.29, 0.717) is 6.04 Å². The van der Waals surface area contributed by atoms with Gasteiger partial charge in [-0.1, -0.05) is 61.7 Å². The summed E-state index contributed by atoms with van der Waals surface area (Å²) in [7, 11) is 0. The molecule has 0 bridgehead atoms. The zero-order valence-electron chi connectivity index (χ0n) is 16.1. The van der Waals surface area contributed by atoms with Crippen LogP contribution < -0.4 is 10.6 Å². The van der Waals surface area contributed by atoms with Gasteiger partial charge in [-0.15, -0.1) is 11.3 Å². The van der Waals surface area contributed by atoms with Gasteiger partial charge in [-0.25, -0.2) is 9.78 Å². The first-order chi connectivity index (χ1) is 13.7. The van der Waals surface area contributed by atoms with Gasteiger partial charge in [-0.2, -0.15) is 0 Å². The lowest BCUT2D eigenvalue weighted by atomic mass is 9.96. The van der Waals surface area contributed by atoms with Crippen LogP contribution in [0.1, 0.15) is 37.0 Å². The van der Waals surface area contributed by atoms with Crippen LogP contribution in [0.3, 0.4) is 0 Å². The first kappa shape index (κ1) is 18.7. The third kappa shape index (κ3) is 4.42. The van der Waals surface area contributed by atoms with Crippen molar-refractivity contribution in [3.8, 4) is 21.8 Å². The van der Waals surface area contributed by atoms with Gasteiger partial charge in [0.1, 0.15) is 5.01 Å². The fraction of sp³-hybridized carbons (Fsp3) is 0.304. The number of nitrogens with one attached hydrogen (secondary N) is 2. The fourth-order valence-electron chi connectivity index (χ4n) is 3.68. The Morgan fingerprint density at radius 1 is 0.964 bits per heavy atom. The molecule has 3 aromatic rings. The van der Waals surface area contributed by atoms with Crippen molar-refractivity contribution in [3.05, 3.63) is 59.5 Å². The Morgan fingerprint density at radius 2 is 1.68 bits per heavy atom. The van der Waals surface area contributed by atoms with E-state index in [4.69, 9.17) is 4.98 Å². The van der Waals surface area contributed by atoms with Crippen molar-refractivity contribution >= 4 is 23.1 Å². The Bertz CT molecular complexity index is 928. The van der Waals surface area contributed by atoms with E-state index >= 15 is 0 Å². The summed E-state index contributed by atoms with van der Waals surface area (Å²) in [5.74, 6) is 0. The molecule has 1 heterocycles. The van der Waals surface area contributed by atoms with Crippen molar-refractivity contribution in [3.63, 3.8) is 0 Å². The molecule has 2 N–H and O–H groups in total. The maximum absolute atomic E-state index is 12.2. The minimum Gasteiger partial charge on any atom is -0.335 e. The summed E-state index contributed by atoms with van der Waals surface area (Å²) in [5.41, 5.74) is 4.00. The predicted molar refractivity (Wildman–Crippen MR) is 117 cm³/mol. The molecule has 0 atom stereocenters. The number of aryl methyl sites for hydroxylation is 1. The Hall–Kier alpha value is -2.66. The van der Waals surface area contributed by atoms with Crippen LogP contribution in [-0.4, -0.2) is 17.1 Å². The maximum Gasteiger partial charge on any atom is 0.319 e. The molecule has 1 aromatic heterocycles. The highest BCUT2D eigenvalue weighted by Gasteiger charge is 2.16. The molecule has 4 rings (SSSR count). The molecule has 1 aliphatic carbocycles. The standard InChI is InChI=1S/C23H25N3OS/c1-16-21(26-22(28-16)18-8-4-2-5-9-18)17-12-14-20(15-13-17)25-23(27)24-19-10-6-3-7-11-19/h2,4-5,8-9,12-15,19H,3,6-7,10-11H2,1H3,(H2,24,25,27). The summed E-state index contributed by atoms with van der Waals surface area (Å²) >= 11 is 1.71. The molecule has 0 unspecified atom stereocenters. The number of aromatic nitrogens is 1. The van der Waals surface area contributed by atoms with Crippen LogP contribution in [0.25, 0.3) is 21.8 Å². The highest BCUT2D eigenvalue weighted by molar-refractivity contribution is 7.15. The monoisotopic (exact) mass is 391 g/mol. The van der Waals surface area contributed by atoms with Crippen LogP contribution in [0.2, 0.25) is 0 Å². The Labute approximate surface area is 170 Å². The number of thiazole rings is 1. The topological polar surface area (TPSA) is 54.0 Å². The number of rotatable bonds is 4. The number of anilines is 1. The van der Waals surface area contributed by atoms with Gasteiger partial charge in [-0.3, -0.25) is 0 Å². The Kier molecular flexibility index (Phi) is 5.72. The number of hydrogen-bond donors (Lipinski definition) is 2.